The first-order valence-electron chi connectivity index (χ1n) is 5.40. The molecule has 0 fully saturated rings. The third-order valence-electron chi connectivity index (χ3n) is 2.96. The summed E-state index contributed by atoms with van der Waals surface area (Å²) >= 11 is 0. The Kier molecular flexibility index (Phi) is 2.46. The molecule has 3 heteroatoms. The number of primary amides is 1. The third-order valence-corrected chi connectivity index (χ3v) is 2.96. The molecule has 2 aromatic rings. The zero-order chi connectivity index (χ0) is 11.9. The highest BCUT2D eigenvalue weighted by Gasteiger charge is 2.10. The number of nitrogens with two attached hydrogens (primary N) is 1. The first-order valence-corrected chi connectivity index (χ1v) is 5.40. The highest BCUT2D eigenvalue weighted by molar-refractivity contribution is 5.97. The molecule has 0 aliphatic rings. The van der Waals surface area contributed by atoms with Gasteiger partial charge in [-0.05, 0) is 30.2 Å². The maximum absolute atomic E-state index is 11.1. The largest absolute Gasteiger partial charge is 0.366 e. The molecule has 0 bridgehead atoms. The standard InChI is InChI=1S/C13H16N2O/c1-8(2)12-7-10-6-9(13(14)16)4-5-11(10)15(12)3/h4-8H,1-3H3,(H2,14,16). The van der Waals surface area contributed by atoms with E-state index in [1.165, 1.54) is 5.69 Å². The quantitative estimate of drug-likeness (QED) is 0.823. The summed E-state index contributed by atoms with van der Waals surface area (Å²) in [4.78, 5) is 11.1. The highest BCUT2D eigenvalue weighted by Crippen LogP contribution is 2.24. The van der Waals surface area contributed by atoms with Gasteiger partial charge in [0.25, 0.3) is 0 Å². The Balaban J connectivity index is 2.67. The maximum atomic E-state index is 11.1. The van der Waals surface area contributed by atoms with Crippen LogP contribution in [0.4, 0.5) is 0 Å². The molecule has 1 aromatic heterocycles. The normalized spacial score (nSPS) is 11.2. The molecule has 0 saturated heterocycles. The minimum absolute atomic E-state index is 0.378. The van der Waals surface area contributed by atoms with E-state index < -0.39 is 0 Å². The fourth-order valence-electron chi connectivity index (χ4n) is 2.08. The molecule has 16 heavy (non-hydrogen) atoms. The van der Waals surface area contributed by atoms with E-state index in [1.807, 2.05) is 19.2 Å². The van der Waals surface area contributed by atoms with E-state index in [0.29, 0.717) is 11.5 Å². The van der Waals surface area contributed by atoms with Crippen molar-refractivity contribution in [3.05, 3.63) is 35.5 Å². The van der Waals surface area contributed by atoms with Gasteiger partial charge in [-0.15, -0.1) is 0 Å². The van der Waals surface area contributed by atoms with E-state index in [2.05, 4.69) is 24.5 Å². The molecular weight excluding hydrogens is 200 g/mol. The van der Waals surface area contributed by atoms with E-state index >= 15 is 0 Å². The molecule has 0 unspecified atom stereocenters. The summed E-state index contributed by atoms with van der Waals surface area (Å²) < 4.78 is 2.16. The Bertz CT molecular complexity index is 552. The van der Waals surface area contributed by atoms with E-state index in [4.69, 9.17) is 5.73 Å². The van der Waals surface area contributed by atoms with Crippen molar-refractivity contribution in [3.63, 3.8) is 0 Å². The molecule has 0 atom stereocenters. The van der Waals surface area contributed by atoms with Gasteiger partial charge in [-0.1, -0.05) is 13.8 Å². The Morgan fingerprint density at radius 3 is 2.56 bits per heavy atom. The van der Waals surface area contributed by atoms with E-state index in [0.717, 1.165) is 10.9 Å². The van der Waals surface area contributed by atoms with Gasteiger partial charge in [-0.25, -0.2) is 0 Å². The average Bonchev–Trinajstić information content (AvgIpc) is 2.55. The number of nitrogens with zero attached hydrogens (tertiary/aromatic N) is 1. The van der Waals surface area contributed by atoms with Crippen LogP contribution in [0.2, 0.25) is 0 Å². The SMILES string of the molecule is CC(C)c1cc2cc(C(N)=O)ccc2n1C. The van der Waals surface area contributed by atoms with Crippen molar-refractivity contribution >= 4 is 16.8 Å². The molecule has 0 radical (unpaired) electrons. The maximum Gasteiger partial charge on any atom is 0.248 e. The lowest BCUT2D eigenvalue weighted by molar-refractivity contribution is 0.100. The average molecular weight is 216 g/mol. The van der Waals surface area contributed by atoms with Crippen LogP contribution in [0.25, 0.3) is 10.9 Å². The van der Waals surface area contributed by atoms with Crippen LogP contribution < -0.4 is 5.73 Å². The highest BCUT2D eigenvalue weighted by atomic mass is 16.1. The lowest BCUT2D eigenvalue weighted by atomic mass is 10.1. The monoisotopic (exact) mass is 216 g/mol. The summed E-state index contributed by atoms with van der Waals surface area (Å²) in [5.74, 6) is 0.0891. The Morgan fingerprint density at radius 2 is 2.00 bits per heavy atom. The molecule has 0 aliphatic heterocycles. The third kappa shape index (κ3) is 1.58. The molecule has 2 N–H and O–H groups in total. The van der Waals surface area contributed by atoms with Gasteiger partial charge in [-0.3, -0.25) is 4.79 Å². The van der Waals surface area contributed by atoms with Gasteiger partial charge < -0.3 is 10.3 Å². The van der Waals surface area contributed by atoms with Crippen molar-refractivity contribution in [1.82, 2.24) is 4.57 Å². The zero-order valence-corrected chi connectivity index (χ0v) is 9.82. The molecule has 84 valence electrons. The summed E-state index contributed by atoms with van der Waals surface area (Å²) in [7, 11) is 2.04. The number of rotatable bonds is 2. The molecule has 2 rings (SSSR count). The Morgan fingerprint density at radius 1 is 1.31 bits per heavy atom. The zero-order valence-electron chi connectivity index (χ0n) is 9.82. The van der Waals surface area contributed by atoms with Crippen LogP contribution in [-0.2, 0) is 7.05 Å². The van der Waals surface area contributed by atoms with Gasteiger partial charge in [0.1, 0.15) is 0 Å². The number of hydrogen-bond donors (Lipinski definition) is 1. The molecule has 0 spiro atoms. The molecule has 0 saturated carbocycles. The summed E-state index contributed by atoms with van der Waals surface area (Å²) in [6.45, 7) is 4.31. The number of amides is 1. The number of fused-ring (bicyclic) bond motifs is 1. The number of aryl methyl sites for hydroxylation is 1. The molecular formula is C13H16N2O. The van der Waals surface area contributed by atoms with Crippen LogP contribution in [-0.4, -0.2) is 10.5 Å². The minimum Gasteiger partial charge on any atom is -0.366 e. The first kappa shape index (κ1) is 10.7. The Labute approximate surface area is 94.9 Å². The minimum atomic E-state index is -0.378. The fourth-order valence-corrected chi connectivity index (χ4v) is 2.08. The summed E-state index contributed by atoms with van der Waals surface area (Å²) in [5, 5.41) is 1.07. The van der Waals surface area contributed by atoms with Crippen LogP contribution in [0, 0.1) is 0 Å². The van der Waals surface area contributed by atoms with Gasteiger partial charge >= 0.3 is 0 Å². The predicted octanol–water partition coefficient (Wildman–Crippen LogP) is 2.40. The summed E-state index contributed by atoms with van der Waals surface area (Å²) in [6.07, 6.45) is 0. The van der Waals surface area contributed by atoms with Crippen LogP contribution >= 0.6 is 0 Å². The van der Waals surface area contributed by atoms with Crippen LogP contribution in [0.3, 0.4) is 0 Å². The molecule has 1 heterocycles. The first-order chi connectivity index (χ1) is 7.50. The number of carbonyl (C=O) groups is 1. The number of benzene rings is 1. The van der Waals surface area contributed by atoms with Gasteiger partial charge in [-0.2, -0.15) is 0 Å². The number of aromatic nitrogens is 1. The van der Waals surface area contributed by atoms with Gasteiger partial charge in [0.15, 0.2) is 0 Å². The van der Waals surface area contributed by atoms with Crippen molar-refractivity contribution in [2.75, 3.05) is 0 Å². The Hall–Kier alpha value is -1.77. The smallest absolute Gasteiger partial charge is 0.248 e. The topological polar surface area (TPSA) is 48.0 Å². The summed E-state index contributed by atoms with van der Waals surface area (Å²) in [6, 6.07) is 7.69. The second-order valence-electron chi connectivity index (χ2n) is 4.42. The van der Waals surface area contributed by atoms with Crippen LogP contribution in [0.1, 0.15) is 35.8 Å². The number of carbonyl (C=O) groups excluding carboxylic acids is 1. The lowest BCUT2D eigenvalue weighted by Crippen LogP contribution is -2.10. The van der Waals surface area contributed by atoms with Crippen molar-refractivity contribution < 1.29 is 4.79 Å². The second kappa shape index (κ2) is 3.67. The van der Waals surface area contributed by atoms with Crippen molar-refractivity contribution in [1.29, 1.82) is 0 Å². The molecule has 0 aliphatic carbocycles. The fraction of sp³-hybridized carbons (Fsp3) is 0.308. The van der Waals surface area contributed by atoms with Crippen molar-refractivity contribution in [3.8, 4) is 0 Å². The van der Waals surface area contributed by atoms with Gasteiger partial charge in [0, 0.05) is 29.2 Å². The van der Waals surface area contributed by atoms with E-state index in [1.54, 1.807) is 6.07 Å². The van der Waals surface area contributed by atoms with E-state index in [9.17, 15) is 4.79 Å². The van der Waals surface area contributed by atoms with E-state index in [-0.39, 0.29) is 5.91 Å². The number of hydrogen-bond acceptors (Lipinski definition) is 1. The second-order valence-corrected chi connectivity index (χ2v) is 4.42. The summed E-state index contributed by atoms with van der Waals surface area (Å²) in [5.41, 5.74) is 8.22. The predicted molar refractivity (Wildman–Crippen MR) is 65.5 cm³/mol. The van der Waals surface area contributed by atoms with Crippen LogP contribution in [0.5, 0.6) is 0 Å². The molecule has 1 amide bonds. The van der Waals surface area contributed by atoms with Crippen LogP contribution in [0.15, 0.2) is 24.3 Å². The van der Waals surface area contributed by atoms with Gasteiger partial charge in [0.2, 0.25) is 5.91 Å². The lowest BCUT2D eigenvalue weighted by Gasteiger charge is -2.06. The molecule has 1 aromatic carbocycles. The molecule has 3 nitrogen and oxygen atoms in total. The van der Waals surface area contributed by atoms with Crippen molar-refractivity contribution in [2.45, 2.75) is 19.8 Å². The van der Waals surface area contributed by atoms with Crippen molar-refractivity contribution in [2.24, 2.45) is 12.8 Å². The van der Waals surface area contributed by atoms with Gasteiger partial charge in [0.05, 0.1) is 0 Å².